The molecule has 0 aliphatic heterocycles. The van der Waals surface area contributed by atoms with E-state index in [0.717, 1.165) is 5.56 Å². The van der Waals surface area contributed by atoms with Gasteiger partial charge in [-0.3, -0.25) is 14.9 Å². The molecule has 2 aromatic carbocycles. The van der Waals surface area contributed by atoms with E-state index in [1.54, 1.807) is 6.07 Å². The summed E-state index contributed by atoms with van der Waals surface area (Å²) in [6.45, 7) is 0.447. The van der Waals surface area contributed by atoms with Crippen molar-refractivity contribution in [2.45, 2.75) is 18.8 Å². The Morgan fingerprint density at radius 1 is 1.08 bits per heavy atom. The molecular weight excluding hydrogens is 308 g/mol. The number of nitro groups is 1. The number of aliphatic hydroxyl groups is 1. The van der Waals surface area contributed by atoms with Crippen molar-refractivity contribution in [1.29, 1.82) is 0 Å². The molecule has 6 heteroatoms. The van der Waals surface area contributed by atoms with Crippen LogP contribution in [0.25, 0.3) is 0 Å². The second-order valence-electron chi connectivity index (χ2n) is 5.44. The summed E-state index contributed by atoms with van der Waals surface area (Å²) in [5.74, 6) is -0.333. The lowest BCUT2D eigenvalue weighted by Crippen LogP contribution is -2.26. The maximum Gasteiger partial charge on any atom is 0.282 e. The molecule has 0 aliphatic carbocycles. The van der Waals surface area contributed by atoms with Gasteiger partial charge in [-0.05, 0) is 30.4 Å². The first-order valence-corrected chi connectivity index (χ1v) is 7.81. The smallest absolute Gasteiger partial charge is 0.282 e. The Bertz CT molecular complexity index is 688. The molecule has 0 heterocycles. The zero-order chi connectivity index (χ0) is 17.4. The van der Waals surface area contributed by atoms with Gasteiger partial charge in [0.05, 0.1) is 4.92 Å². The van der Waals surface area contributed by atoms with Crippen molar-refractivity contribution >= 4 is 11.6 Å². The average molecular weight is 328 g/mol. The lowest BCUT2D eigenvalue weighted by molar-refractivity contribution is -0.385. The van der Waals surface area contributed by atoms with Crippen molar-refractivity contribution in [1.82, 2.24) is 5.32 Å². The van der Waals surface area contributed by atoms with Crippen LogP contribution >= 0.6 is 0 Å². The number of nitrogens with zero attached hydrogens (tertiary/aromatic N) is 1. The van der Waals surface area contributed by atoms with Crippen LogP contribution in [0.15, 0.2) is 54.6 Å². The lowest BCUT2D eigenvalue weighted by Gasteiger charge is -2.16. The van der Waals surface area contributed by atoms with Crippen LogP contribution in [0.5, 0.6) is 0 Å². The first kappa shape index (κ1) is 17.6. The fourth-order valence-electron chi connectivity index (χ4n) is 2.64. The molecular formula is C18H20N2O4. The van der Waals surface area contributed by atoms with E-state index in [1.165, 1.54) is 18.2 Å². The molecule has 1 atom stereocenters. The van der Waals surface area contributed by atoms with Crippen LogP contribution < -0.4 is 5.32 Å². The van der Waals surface area contributed by atoms with Crippen molar-refractivity contribution in [3.8, 4) is 0 Å². The van der Waals surface area contributed by atoms with E-state index in [0.29, 0.717) is 19.4 Å². The van der Waals surface area contributed by atoms with Gasteiger partial charge in [-0.25, -0.2) is 0 Å². The third kappa shape index (κ3) is 4.63. The van der Waals surface area contributed by atoms with E-state index in [4.69, 9.17) is 0 Å². The van der Waals surface area contributed by atoms with Crippen LogP contribution in [-0.2, 0) is 0 Å². The molecule has 0 aliphatic rings. The molecule has 0 saturated carbocycles. The Hall–Kier alpha value is -2.73. The molecule has 1 amide bonds. The fourth-order valence-corrected chi connectivity index (χ4v) is 2.64. The monoisotopic (exact) mass is 328 g/mol. The van der Waals surface area contributed by atoms with Crippen molar-refractivity contribution in [3.05, 3.63) is 75.8 Å². The van der Waals surface area contributed by atoms with Gasteiger partial charge in [0.25, 0.3) is 11.6 Å². The standard InChI is InChI=1S/C18H20N2O4/c21-13-11-15(14-6-2-1-3-7-14)10-12-19-18(22)16-8-4-5-9-17(16)20(23)24/h1-9,15,21H,10-13H2,(H,19,22). The zero-order valence-electron chi connectivity index (χ0n) is 13.2. The van der Waals surface area contributed by atoms with Gasteiger partial charge in [0.15, 0.2) is 0 Å². The summed E-state index contributed by atoms with van der Waals surface area (Å²) in [6, 6.07) is 15.7. The average Bonchev–Trinajstić information content (AvgIpc) is 2.61. The predicted molar refractivity (Wildman–Crippen MR) is 90.9 cm³/mol. The van der Waals surface area contributed by atoms with Crippen LogP contribution in [-0.4, -0.2) is 29.1 Å². The first-order valence-electron chi connectivity index (χ1n) is 7.81. The first-order chi connectivity index (χ1) is 11.6. The van der Waals surface area contributed by atoms with Crippen LogP contribution in [0.3, 0.4) is 0 Å². The van der Waals surface area contributed by atoms with Gasteiger partial charge in [-0.2, -0.15) is 0 Å². The molecule has 2 rings (SSSR count). The van der Waals surface area contributed by atoms with Gasteiger partial charge in [-0.15, -0.1) is 0 Å². The molecule has 0 radical (unpaired) electrons. The number of nitro benzene ring substituents is 1. The van der Waals surface area contributed by atoms with Crippen molar-refractivity contribution < 1.29 is 14.8 Å². The highest BCUT2D eigenvalue weighted by molar-refractivity contribution is 5.98. The van der Waals surface area contributed by atoms with E-state index in [-0.39, 0.29) is 23.8 Å². The highest BCUT2D eigenvalue weighted by Gasteiger charge is 2.19. The van der Waals surface area contributed by atoms with E-state index < -0.39 is 10.8 Å². The van der Waals surface area contributed by atoms with Crippen LogP contribution in [0, 0.1) is 10.1 Å². The van der Waals surface area contributed by atoms with E-state index in [2.05, 4.69) is 5.32 Å². The molecule has 126 valence electrons. The highest BCUT2D eigenvalue weighted by Crippen LogP contribution is 2.23. The summed E-state index contributed by atoms with van der Waals surface area (Å²) in [7, 11) is 0. The zero-order valence-corrected chi connectivity index (χ0v) is 13.2. The number of nitrogens with one attached hydrogen (secondary N) is 1. The number of carbonyl (C=O) groups is 1. The second kappa shape index (κ2) is 8.79. The van der Waals surface area contributed by atoms with Crippen LogP contribution in [0.1, 0.15) is 34.7 Å². The minimum absolute atomic E-state index is 0.0564. The normalized spacial score (nSPS) is 11.7. The van der Waals surface area contributed by atoms with Gasteiger partial charge in [0, 0.05) is 19.2 Å². The third-order valence-electron chi connectivity index (χ3n) is 3.87. The summed E-state index contributed by atoms with van der Waals surface area (Å²) >= 11 is 0. The molecule has 2 aromatic rings. The van der Waals surface area contributed by atoms with Crippen molar-refractivity contribution in [2.75, 3.05) is 13.2 Å². The molecule has 0 spiro atoms. The summed E-state index contributed by atoms with van der Waals surface area (Å²) in [4.78, 5) is 22.6. The van der Waals surface area contributed by atoms with Gasteiger partial charge in [-0.1, -0.05) is 42.5 Å². The number of carbonyl (C=O) groups excluding carboxylic acids is 1. The Morgan fingerprint density at radius 3 is 2.42 bits per heavy atom. The SMILES string of the molecule is O=C(NCCC(CCO)c1ccccc1)c1ccccc1[N+](=O)[O-]. The minimum atomic E-state index is -0.562. The van der Waals surface area contributed by atoms with Crippen LogP contribution in [0.2, 0.25) is 0 Å². The Labute approximate surface area is 140 Å². The van der Waals surface area contributed by atoms with Gasteiger partial charge >= 0.3 is 0 Å². The van der Waals surface area contributed by atoms with E-state index in [9.17, 15) is 20.0 Å². The van der Waals surface area contributed by atoms with Gasteiger partial charge < -0.3 is 10.4 Å². The summed E-state index contributed by atoms with van der Waals surface area (Å²) < 4.78 is 0. The number of benzene rings is 2. The number of amides is 1. The Morgan fingerprint density at radius 2 is 1.75 bits per heavy atom. The topological polar surface area (TPSA) is 92.5 Å². The maximum atomic E-state index is 12.2. The number of hydrogen-bond acceptors (Lipinski definition) is 4. The molecule has 6 nitrogen and oxygen atoms in total. The molecule has 24 heavy (non-hydrogen) atoms. The number of para-hydroxylation sites is 1. The molecule has 0 aromatic heterocycles. The molecule has 1 unspecified atom stereocenters. The van der Waals surface area contributed by atoms with Crippen molar-refractivity contribution in [2.24, 2.45) is 0 Å². The summed E-state index contributed by atoms with van der Waals surface area (Å²) in [5.41, 5.74) is 0.956. The fraction of sp³-hybridized carbons (Fsp3) is 0.278. The quantitative estimate of drug-likeness (QED) is 0.575. The predicted octanol–water partition coefficient (Wildman–Crippen LogP) is 2.88. The second-order valence-corrected chi connectivity index (χ2v) is 5.44. The molecule has 0 bridgehead atoms. The Kier molecular flexibility index (Phi) is 6.45. The Balaban J connectivity index is 1.97. The van der Waals surface area contributed by atoms with Crippen molar-refractivity contribution in [3.63, 3.8) is 0 Å². The minimum Gasteiger partial charge on any atom is -0.396 e. The summed E-state index contributed by atoms with van der Waals surface area (Å²) in [6.07, 6.45) is 1.25. The van der Waals surface area contributed by atoms with Gasteiger partial charge in [0.2, 0.25) is 0 Å². The van der Waals surface area contributed by atoms with E-state index >= 15 is 0 Å². The number of rotatable bonds is 8. The number of aliphatic hydroxyl groups excluding tert-OH is 1. The largest absolute Gasteiger partial charge is 0.396 e. The molecule has 2 N–H and O–H groups in total. The van der Waals surface area contributed by atoms with Gasteiger partial charge in [0.1, 0.15) is 5.56 Å². The number of hydrogen-bond donors (Lipinski definition) is 2. The maximum absolute atomic E-state index is 12.2. The third-order valence-corrected chi connectivity index (χ3v) is 3.87. The lowest BCUT2D eigenvalue weighted by atomic mass is 9.93. The summed E-state index contributed by atoms with van der Waals surface area (Å²) in [5, 5.41) is 22.9. The van der Waals surface area contributed by atoms with E-state index in [1.807, 2.05) is 30.3 Å². The molecule has 0 saturated heterocycles. The molecule has 0 fully saturated rings. The highest BCUT2D eigenvalue weighted by atomic mass is 16.6. The van der Waals surface area contributed by atoms with Crippen LogP contribution in [0.4, 0.5) is 5.69 Å².